The molecule has 0 atom stereocenters. The van der Waals surface area contributed by atoms with Gasteiger partial charge in [0.25, 0.3) is 11.6 Å². The molecule has 1 saturated heterocycles. The SMILES string of the molecule is Cc1nnc(COC(=O)c2cc([N+](=O)[O-])ccc2N2CCCCC2)o1. The minimum atomic E-state index is -0.653. The first-order valence-electron chi connectivity index (χ1n) is 8.04. The van der Waals surface area contributed by atoms with Crippen molar-refractivity contribution in [1.82, 2.24) is 10.2 Å². The number of rotatable bonds is 5. The molecule has 0 amide bonds. The third kappa shape index (κ3) is 3.93. The Morgan fingerprint density at radius 3 is 2.72 bits per heavy atom. The van der Waals surface area contributed by atoms with Crippen LogP contribution in [0.25, 0.3) is 0 Å². The molecular weight excluding hydrogens is 328 g/mol. The first-order chi connectivity index (χ1) is 12.0. The largest absolute Gasteiger partial charge is 0.452 e. The van der Waals surface area contributed by atoms with Gasteiger partial charge < -0.3 is 14.1 Å². The Kier molecular flexibility index (Phi) is 4.92. The lowest BCUT2D eigenvalue weighted by Gasteiger charge is -2.30. The number of aryl methyl sites for hydroxylation is 1. The van der Waals surface area contributed by atoms with E-state index in [1.54, 1.807) is 13.0 Å². The molecule has 2 aromatic rings. The molecule has 25 heavy (non-hydrogen) atoms. The number of aromatic nitrogens is 2. The van der Waals surface area contributed by atoms with Crippen LogP contribution in [0.5, 0.6) is 0 Å². The average Bonchev–Trinajstić information content (AvgIpc) is 3.05. The lowest BCUT2D eigenvalue weighted by atomic mass is 10.1. The van der Waals surface area contributed by atoms with Crippen molar-refractivity contribution < 1.29 is 18.9 Å². The summed E-state index contributed by atoms with van der Waals surface area (Å²) in [7, 11) is 0. The van der Waals surface area contributed by atoms with E-state index in [0.29, 0.717) is 11.6 Å². The fourth-order valence-electron chi connectivity index (χ4n) is 2.81. The van der Waals surface area contributed by atoms with Crippen molar-refractivity contribution in [2.75, 3.05) is 18.0 Å². The fraction of sp³-hybridized carbons (Fsp3) is 0.438. The van der Waals surface area contributed by atoms with Gasteiger partial charge in [-0.3, -0.25) is 10.1 Å². The van der Waals surface area contributed by atoms with Crippen LogP contribution in [0.2, 0.25) is 0 Å². The van der Waals surface area contributed by atoms with Crippen molar-refractivity contribution >= 4 is 17.3 Å². The first-order valence-corrected chi connectivity index (χ1v) is 8.04. The number of esters is 1. The number of ether oxygens (including phenoxy) is 1. The Labute approximate surface area is 143 Å². The van der Waals surface area contributed by atoms with Crippen LogP contribution < -0.4 is 4.90 Å². The number of hydrogen-bond acceptors (Lipinski definition) is 8. The number of anilines is 1. The molecule has 1 aromatic carbocycles. The van der Waals surface area contributed by atoms with Crippen molar-refractivity contribution in [3.63, 3.8) is 0 Å². The molecule has 9 heteroatoms. The second kappa shape index (κ2) is 7.29. The van der Waals surface area contributed by atoms with E-state index < -0.39 is 10.9 Å². The van der Waals surface area contributed by atoms with Crippen LogP contribution in [0, 0.1) is 17.0 Å². The lowest BCUT2D eigenvalue weighted by molar-refractivity contribution is -0.384. The lowest BCUT2D eigenvalue weighted by Crippen LogP contribution is -2.31. The van der Waals surface area contributed by atoms with E-state index in [2.05, 4.69) is 15.1 Å². The van der Waals surface area contributed by atoms with Crippen molar-refractivity contribution in [1.29, 1.82) is 0 Å². The minimum Gasteiger partial charge on any atom is -0.452 e. The molecule has 0 spiro atoms. The van der Waals surface area contributed by atoms with E-state index in [1.165, 1.54) is 12.1 Å². The first kappa shape index (κ1) is 16.9. The zero-order chi connectivity index (χ0) is 17.8. The van der Waals surface area contributed by atoms with Crippen molar-refractivity contribution in [3.8, 4) is 0 Å². The molecule has 2 heterocycles. The Morgan fingerprint density at radius 2 is 2.08 bits per heavy atom. The van der Waals surface area contributed by atoms with Gasteiger partial charge in [0.05, 0.1) is 16.2 Å². The molecule has 9 nitrogen and oxygen atoms in total. The van der Waals surface area contributed by atoms with Crippen LogP contribution in [0.4, 0.5) is 11.4 Å². The third-order valence-electron chi connectivity index (χ3n) is 4.00. The Bertz CT molecular complexity index is 783. The summed E-state index contributed by atoms with van der Waals surface area (Å²) in [5, 5.41) is 18.5. The predicted molar refractivity (Wildman–Crippen MR) is 87.3 cm³/mol. The minimum absolute atomic E-state index is 0.152. The zero-order valence-corrected chi connectivity index (χ0v) is 13.8. The predicted octanol–water partition coefficient (Wildman–Crippen LogP) is 2.63. The normalized spacial score (nSPS) is 14.4. The fourth-order valence-corrected chi connectivity index (χ4v) is 2.81. The maximum atomic E-state index is 12.5. The molecule has 1 fully saturated rings. The molecule has 0 saturated carbocycles. The van der Waals surface area contributed by atoms with Gasteiger partial charge in [-0.25, -0.2) is 4.79 Å². The highest BCUT2D eigenvalue weighted by atomic mass is 16.6. The van der Waals surface area contributed by atoms with Crippen LogP contribution in [0.15, 0.2) is 22.6 Å². The molecule has 1 aliphatic heterocycles. The topological polar surface area (TPSA) is 112 Å². The monoisotopic (exact) mass is 346 g/mol. The second-order valence-corrected chi connectivity index (χ2v) is 5.80. The highest BCUT2D eigenvalue weighted by Gasteiger charge is 2.23. The van der Waals surface area contributed by atoms with Gasteiger partial charge in [-0.1, -0.05) is 0 Å². The van der Waals surface area contributed by atoms with E-state index in [9.17, 15) is 14.9 Å². The number of benzene rings is 1. The quantitative estimate of drug-likeness (QED) is 0.461. The van der Waals surface area contributed by atoms with Gasteiger partial charge in [0, 0.05) is 32.1 Å². The number of carbonyl (C=O) groups is 1. The number of nitro benzene ring substituents is 1. The van der Waals surface area contributed by atoms with Gasteiger partial charge >= 0.3 is 5.97 Å². The smallest absolute Gasteiger partial charge is 0.341 e. The maximum absolute atomic E-state index is 12.5. The van der Waals surface area contributed by atoms with E-state index >= 15 is 0 Å². The number of carbonyl (C=O) groups excluding carboxylic acids is 1. The van der Waals surface area contributed by atoms with Crippen molar-refractivity contribution in [2.24, 2.45) is 0 Å². The van der Waals surface area contributed by atoms with Crippen LogP contribution in [-0.4, -0.2) is 34.2 Å². The Morgan fingerprint density at radius 1 is 1.32 bits per heavy atom. The summed E-state index contributed by atoms with van der Waals surface area (Å²) in [5.74, 6) is -0.105. The summed E-state index contributed by atoms with van der Waals surface area (Å²) >= 11 is 0. The zero-order valence-electron chi connectivity index (χ0n) is 13.8. The van der Waals surface area contributed by atoms with E-state index in [1.807, 2.05) is 0 Å². The molecule has 1 aliphatic rings. The molecule has 0 aliphatic carbocycles. The van der Waals surface area contributed by atoms with E-state index in [0.717, 1.165) is 32.4 Å². The molecule has 132 valence electrons. The maximum Gasteiger partial charge on any atom is 0.341 e. The van der Waals surface area contributed by atoms with Crippen LogP contribution >= 0.6 is 0 Å². The summed E-state index contributed by atoms with van der Waals surface area (Å²) in [6, 6.07) is 4.27. The van der Waals surface area contributed by atoms with Crippen molar-refractivity contribution in [2.45, 2.75) is 32.8 Å². The van der Waals surface area contributed by atoms with Crippen LogP contribution in [0.3, 0.4) is 0 Å². The molecule has 0 N–H and O–H groups in total. The van der Waals surface area contributed by atoms with Gasteiger partial charge in [0.2, 0.25) is 5.89 Å². The molecule has 1 aromatic heterocycles. The van der Waals surface area contributed by atoms with E-state index in [-0.39, 0.29) is 23.7 Å². The van der Waals surface area contributed by atoms with Crippen LogP contribution in [0.1, 0.15) is 41.4 Å². The number of non-ortho nitro benzene ring substituents is 1. The summed E-state index contributed by atoms with van der Waals surface area (Å²) < 4.78 is 10.4. The standard InChI is InChI=1S/C16H18N4O5/c1-11-17-18-15(25-11)10-24-16(21)13-9-12(20(22)23)5-6-14(13)19-7-3-2-4-8-19/h5-6,9H,2-4,7-8,10H2,1H3. The highest BCUT2D eigenvalue weighted by Crippen LogP contribution is 2.28. The van der Waals surface area contributed by atoms with Gasteiger partial charge in [-0.2, -0.15) is 0 Å². The van der Waals surface area contributed by atoms with Gasteiger partial charge in [0.15, 0.2) is 6.61 Å². The molecule has 3 rings (SSSR count). The summed E-state index contributed by atoms with van der Waals surface area (Å²) in [4.78, 5) is 25.1. The van der Waals surface area contributed by atoms with E-state index in [4.69, 9.17) is 9.15 Å². The Balaban J connectivity index is 1.83. The second-order valence-electron chi connectivity index (χ2n) is 5.80. The van der Waals surface area contributed by atoms with Gasteiger partial charge in [-0.05, 0) is 25.3 Å². The van der Waals surface area contributed by atoms with Crippen molar-refractivity contribution in [3.05, 3.63) is 45.7 Å². The number of nitrogens with zero attached hydrogens (tertiary/aromatic N) is 4. The molecule has 0 radical (unpaired) electrons. The van der Waals surface area contributed by atoms with Crippen LogP contribution in [-0.2, 0) is 11.3 Å². The summed E-state index contributed by atoms with van der Waals surface area (Å²) in [6.45, 7) is 3.07. The number of hydrogen-bond donors (Lipinski definition) is 0. The third-order valence-corrected chi connectivity index (χ3v) is 4.00. The average molecular weight is 346 g/mol. The number of nitro groups is 1. The summed E-state index contributed by atoms with van der Waals surface area (Å²) in [6.07, 6.45) is 3.18. The summed E-state index contributed by atoms with van der Waals surface area (Å²) in [5.41, 5.74) is 0.672. The van der Waals surface area contributed by atoms with Gasteiger partial charge in [0.1, 0.15) is 0 Å². The number of piperidine rings is 1. The molecule has 0 bridgehead atoms. The van der Waals surface area contributed by atoms with Gasteiger partial charge in [-0.15, -0.1) is 10.2 Å². The molecular formula is C16H18N4O5. The highest BCUT2D eigenvalue weighted by molar-refractivity contribution is 5.96. The Hall–Kier alpha value is -2.97. The molecule has 0 unspecified atom stereocenters.